The standard InChI is InChI=1S/C10H11BrIN/c11-8-1-2-10(12)9(5-8)7-3-4-13-6-7/h1-2,5,7,13H,3-4,6H2. The zero-order chi connectivity index (χ0) is 9.26. The van der Waals surface area contributed by atoms with Gasteiger partial charge in [0, 0.05) is 14.6 Å². The van der Waals surface area contributed by atoms with Gasteiger partial charge in [0.15, 0.2) is 0 Å². The van der Waals surface area contributed by atoms with Crippen molar-refractivity contribution in [3.8, 4) is 0 Å². The van der Waals surface area contributed by atoms with Gasteiger partial charge in [-0.25, -0.2) is 0 Å². The maximum Gasteiger partial charge on any atom is 0.0178 e. The van der Waals surface area contributed by atoms with Crippen LogP contribution in [0.5, 0.6) is 0 Å². The van der Waals surface area contributed by atoms with E-state index in [1.807, 2.05) is 0 Å². The molecule has 0 bridgehead atoms. The van der Waals surface area contributed by atoms with Gasteiger partial charge in [-0.2, -0.15) is 0 Å². The van der Waals surface area contributed by atoms with Gasteiger partial charge in [-0.05, 0) is 65.2 Å². The number of hydrogen-bond donors (Lipinski definition) is 1. The van der Waals surface area contributed by atoms with E-state index in [9.17, 15) is 0 Å². The van der Waals surface area contributed by atoms with Crippen molar-refractivity contribution in [2.75, 3.05) is 13.1 Å². The molecule has 1 nitrogen and oxygen atoms in total. The largest absolute Gasteiger partial charge is 0.316 e. The van der Waals surface area contributed by atoms with Crippen molar-refractivity contribution in [2.45, 2.75) is 12.3 Å². The zero-order valence-corrected chi connectivity index (χ0v) is 10.9. The minimum Gasteiger partial charge on any atom is -0.316 e. The fraction of sp³-hybridized carbons (Fsp3) is 0.400. The minimum absolute atomic E-state index is 0.712. The molecule has 13 heavy (non-hydrogen) atoms. The van der Waals surface area contributed by atoms with Crippen LogP contribution in [0.25, 0.3) is 0 Å². The molecule has 0 amide bonds. The maximum absolute atomic E-state index is 3.52. The Morgan fingerprint density at radius 1 is 1.46 bits per heavy atom. The molecule has 70 valence electrons. The molecule has 0 aliphatic carbocycles. The summed E-state index contributed by atoms with van der Waals surface area (Å²) in [7, 11) is 0. The Bertz CT molecular complexity index is 308. The summed E-state index contributed by atoms with van der Waals surface area (Å²) in [6.45, 7) is 2.29. The summed E-state index contributed by atoms with van der Waals surface area (Å²) in [6.07, 6.45) is 1.27. The molecule has 0 spiro atoms. The van der Waals surface area contributed by atoms with Crippen LogP contribution in [0.1, 0.15) is 17.9 Å². The van der Waals surface area contributed by atoms with Crippen LogP contribution in [0.2, 0.25) is 0 Å². The van der Waals surface area contributed by atoms with E-state index in [1.54, 1.807) is 0 Å². The van der Waals surface area contributed by atoms with Crippen LogP contribution in [0.3, 0.4) is 0 Å². The van der Waals surface area contributed by atoms with E-state index in [-0.39, 0.29) is 0 Å². The molecule has 0 radical (unpaired) electrons. The number of halogens is 2. The SMILES string of the molecule is Brc1ccc(I)c(C2CCNC2)c1. The highest BCUT2D eigenvalue weighted by atomic mass is 127. The molecule has 1 N–H and O–H groups in total. The van der Waals surface area contributed by atoms with E-state index < -0.39 is 0 Å². The summed E-state index contributed by atoms with van der Waals surface area (Å²) in [6, 6.07) is 6.53. The number of rotatable bonds is 1. The topological polar surface area (TPSA) is 12.0 Å². The van der Waals surface area contributed by atoms with Crippen LogP contribution in [0.4, 0.5) is 0 Å². The van der Waals surface area contributed by atoms with Gasteiger partial charge in [-0.15, -0.1) is 0 Å². The van der Waals surface area contributed by atoms with Crippen molar-refractivity contribution in [3.63, 3.8) is 0 Å². The molecular formula is C10H11BrIN. The first-order valence-corrected chi connectivity index (χ1v) is 6.30. The predicted octanol–water partition coefficient (Wildman–Crippen LogP) is 3.13. The summed E-state index contributed by atoms with van der Waals surface area (Å²) >= 11 is 5.94. The Morgan fingerprint density at radius 3 is 3.00 bits per heavy atom. The summed E-state index contributed by atoms with van der Waals surface area (Å²) in [5.74, 6) is 0.712. The lowest BCUT2D eigenvalue weighted by Gasteiger charge is -2.11. The molecule has 1 fully saturated rings. The third-order valence-corrected chi connectivity index (χ3v) is 3.93. The Kier molecular flexibility index (Phi) is 3.26. The lowest BCUT2D eigenvalue weighted by Crippen LogP contribution is -2.08. The molecule has 1 saturated heterocycles. The molecule has 2 rings (SSSR count). The zero-order valence-electron chi connectivity index (χ0n) is 7.19. The second-order valence-electron chi connectivity index (χ2n) is 3.36. The molecule has 0 saturated carbocycles. The van der Waals surface area contributed by atoms with E-state index in [0.29, 0.717) is 5.92 Å². The average molecular weight is 352 g/mol. The van der Waals surface area contributed by atoms with Gasteiger partial charge >= 0.3 is 0 Å². The monoisotopic (exact) mass is 351 g/mol. The van der Waals surface area contributed by atoms with Crippen LogP contribution in [0, 0.1) is 3.57 Å². The number of hydrogen-bond acceptors (Lipinski definition) is 1. The molecule has 0 aromatic heterocycles. The Labute approximate surface area is 101 Å². The van der Waals surface area contributed by atoms with Gasteiger partial charge in [-0.1, -0.05) is 15.9 Å². The molecule has 1 aliphatic heterocycles. The first-order valence-electron chi connectivity index (χ1n) is 4.43. The normalized spacial score (nSPS) is 22.2. The van der Waals surface area contributed by atoms with Gasteiger partial charge in [0.1, 0.15) is 0 Å². The van der Waals surface area contributed by atoms with Crippen molar-refractivity contribution < 1.29 is 0 Å². The Hall–Kier alpha value is 0.390. The average Bonchev–Trinajstić information content (AvgIpc) is 2.61. The fourth-order valence-corrected chi connectivity index (χ4v) is 2.90. The van der Waals surface area contributed by atoms with Crippen molar-refractivity contribution in [2.24, 2.45) is 0 Å². The highest BCUT2D eigenvalue weighted by Crippen LogP contribution is 2.29. The lowest BCUT2D eigenvalue weighted by atomic mass is 9.99. The van der Waals surface area contributed by atoms with E-state index >= 15 is 0 Å². The van der Waals surface area contributed by atoms with E-state index in [1.165, 1.54) is 20.0 Å². The summed E-state index contributed by atoms with van der Waals surface area (Å²) in [5, 5.41) is 3.40. The summed E-state index contributed by atoms with van der Waals surface area (Å²) in [5.41, 5.74) is 1.49. The van der Waals surface area contributed by atoms with Gasteiger partial charge < -0.3 is 5.32 Å². The van der Waals surface area contributed by atoms with Crippen LogP contribution in [0.15, 0.2) is 22.7 Å². The van der Waals surface area contributed by atoms with Gasteiger partial charge in [0.05, 0.1) is 0 Å². The molecule has 1 aromatic rings. The first-order chi connectivity index (χ1) is 6.27. The van der Waals surface area contributed by atoms with E-state index in [2.05, 4.69) is 62.0 Å². The lowest BCUT2D eigenvalue weighted by molar-refractivity contribution is 0.758. The fourth-order valence-electron chi connectivity index (χ4n) is 1.75. The highest BCUT2D eigenvalue weighted by molar-refractivity contribution is 14.1. The summed E-state index contributed by atoms with van der Waals surface area (Å²) in [4.78, 5) is 0. The molecule has 1 unspecified atom stereocenters. The Balaban J connectivity index is 2.32. The summed E-state index contributed by atoms with van der Waals surface area (Å²) < 4.78 is 2.57. The van der Waals surface area contributed by atoms with E-state index in [0.717, 1.165) is 13.1 Å². The van der Waals surface area contributed by atoms with Crippen LogP contribution < -0.4 is 5.32 Å². The molecule has 1 aliphatic rings. The van der Waals surface area contributed by atoms with Crippen LogP contribution in [-0.2, 0) is 0 Å². The van der Waals surface area contributed by atoms with Crippen molar-refractivity contribution in [1.29, 1.82) is 0 Å². The second kappa shape index (κ2) is 4.28. The second-order valence-corrected chi connectivity index (χ2v) is 5.43. The molecular weight excluding hydrogens is 341 g/mol. The van der Waals surface area contributed by atoms with Crippen LogP contribution >= 0.6 is 38.5 Å². The Morgan fingerprint density at radius 2 is 2.31 bits per heavy atom. The van der Waals surface area contributed by atoms with Gasteiger partial charge in [0.25, 0.3) is 0 Å². The third-order valence-electron chi connectivity index (χ3n) is 2.46. The smallest absolute Gasteiger partial charge is 0.0178 e. The minimum atomic E-state index is 0.712. The first kappa shape index (κ1) is 9.93. The molecule has 3 heteroatoms. The number of nitrogens with one attached hydrogen (secondary N) is 1. The van der Waals surface area contributed by atoms with Gasteiger partial charge in [0.2, 0.25) is 0 Å². The number of benzene rings is 1. The highest BCUT2D eigenvalue weighted by Gasteiger charge is 2.18. The van der Waals surface area contributed by atoms with Crippen molar-refractivity contribution >= 4 is 38.5 Å². The van der Waals surface area contributed by atoms with Crippen molar-refractivity contribution in [1.82, 2.24) is 5.32 Å². The van der Waals surface area contributed by atoms with Crippen LogP contribution in [-0.4, -0.2) is 13.1 Å². The quantitative estimate of drug-likeness (QED) is 0.766. The predicted molar refractivity (Wildman–Crippen MR) is 67.1 cm³/mol. The van der Waals surface area contributed by atoms with Crippen molar-refractivity contribution in [3.05, 3.63) is 31.8 Å². The van der Waals surface area contributed by atoms with E-state index in [4.69, 9.17) is 0 Å². The third kappa shape index (κ3) is 2.25. The maximum atomic E-state index is 3.52. The molecule has 1 heterocycles. The molecule has 1 atom stereocenters. The van der Waals surface area contributed by atoms with Gasteiger partial charge in [-0.3, -0.25) is 0 Å². The molecule has 1 aromatic carbocycles.